The minimum absolute atomic E-state index is 0.0788. The number of ether oxygens (including phenoxy) is 1. The highest BCUT2D eigenvalue weighted by atomic mass is 16.8. The molecule has 1 heterocycles. The Balaban J connectivity index is 2.09. The van der Waals surface area contributed by atoms with Gasteiger partial charge in [-0.2, -0.15) is 0 Å². The summed E-state index contributed by atoms with van der Waals surface area (Å²) in [5.41, 5.74) is -1.61. The van der Waals surface area contributed by atoms with Gasteiger partial charge in [-0.05, 0) is 5.56 Å². The minimum Gasteiger partial charge on any atom is -0.481 e. The third-order valence-electron chi connectivity index (χ3n) is 2.68. The highest BCUT2D eigenvalue weighted by Crippen LogP contribution is 2.34. The Morgan fingerprint density at radius 3 is 2.40 bits per heavy atom. The summed E-state index contributed by atoms with van der Waals surface area (Å²) in [6.07, 6.45) is -1.95. The molecule has 0 saturated carbocycles. The number of aliphatic carboxylic acids is 2. The fourth-order valence-corrected chi connectivity index (χ4v) is 1.73. The van der Waals surface area contributed by atoms with Gasteiger partial charge in [0.05, 0.1) is 0 Å². The van der Waals surface area contributed by atoms with Crippen molar-refractivity contribution in [2.24, 2.45) is 0 Å². The van der Waals surface area contributed by atoms with Crippen LogP contribution in [-0.4, -0.2) is 39.0 Å². The van der Waals surface area contributed by atoms with Crippen molar-refractivity contribution in [2.45, 2.75) is 18.8 Å². The van der Waals surface area contributed by atoms with E-state index >= 15 is 0 Å². The molecular weight excluding hydrogens is 270 g/mol. The van der Waals surface area contributed by atoms with E-state index in [2.05, 4.69) is 4.74 Å². The van der Waals surface area contributed by atoms with E-state index in [-0.39, 0.29) is 6.61 Å². The molecule has 8 nitrogen and oxygen atoms in total. The van der Waals surface area contributed by atoms with Gasteiger partial charge in [-0.1, -0.05) is 30.3 Å². The van der Waals surface area contributed by atoms with Gasteiger partial charge in [0, 0.05) is 0 Å². The molecule has 0 radical (unpaired) electrons. The summed E-state index contributed by atoms with van der Waals surface area (Å²) in [5, 5.41) is 18.2. The van der Waals surface area contributed by atoms with Crippen LogP contribution >= 0.6 is 0 Å². The predicted molar refractivity (Wildman–Crippen MR) is 62.2 cm³/mol. The molecule has 1 atom stereocenters. The fraction of sp³-hybridized carbons (Fsp3) is 0.250. The summed E-state index contributed by atoms with van der Waals surface area (Å²) >= 11 is 0. The molecule has 0 spiro atoms. The predicted octanol–water partition coefficient (Wildman–Crippen LogP) is 0.826. The Hall–Kier alpha value is -2.61. The zero-order chi connectivity index (χ0) is 14.8. The van der Waals surface area contributed by atoms with Crippen molar-refractivity contribution in [1.82, 2.24) is 5.06 Å². The first kappa shape index (κ1) is 13.8. The van der Waals surface area contributed by atoms with Crippen LogP contribution < -0.4 is 0 Å². The molecule has 0 bridgehead atoms. The maximum Gasteiger partial charge on any atom is 0.440 e. The Kier molecular flexibility index (Phi) is 3.57. The number of cyclic esters (lactones) is 1. The number of carboxylic acids is 2. The zero-order valence-corrected chi connectivity index (χ0v) is 10.2. The lowest BCUT2D eigenvalue weighted by atomic mass is 10.1. The number of benzene rings is 1. The van der Waals surface area contributed by atoms with Crippen LogP contribution in [0.2, 0.25) is 0 Å². The van der Waals surface area contributed by atoms with Gasteiger partial charge in [0.25, 0.3) is 0 Å². The molecule has 1 fully saturated rings. The summed E-state index contributed by atoms with van der Waals surface area (Å²) in [6, 6.07) is 8.70. The number of carboxylic acid groups (broad SMARTS) is 2. The Morgan fingerprint density at radius 2 is 1.90 bits per heavy atom. The lowest BCUT2D eigenvalue weighted by Crippen LogP contribution is -2.69. The third-order valence-corrected chi connectivity index (χ3v) is 2.68. The zero-order valence-electron chi connectivity index (χ0n) is 10.2. The van der Waals surface area contributed by atoms with E-state index in [0.717, 1.165) is 0 Å². The van der Waals surface area contributed by atoms with E-state index in [1.54, 1.807) is 30.3 Å². The van der Waals surface area contributed by atoms with E-state index in [0.29, 0.717) is 10.6 Å². The third kappa shape index (κ3) is 2.41. The second-order valence-corrected chi connectivity index (χ2v) is 4.08. The first-order valence-corrected chi connectivity index (χ1v) is 5.61. The van der Waals surface area contributed by atoms with Gasteiger partial charge < -0.3 is 14.9 Å². The fourth-order valence-electron chi connectivity index (χ4n) is 1.73. The minimum atomic E-state index is -2.31. The maximum absolute atomic E-state index is 11.3. The van der Waals surface area contributed by atoms with Crippen LogP contribution in [0.25, 0.3) is 0 Å². The molecule has 1 aromatic carbocycles. The van der Waals surface area contributed by atoms with Crippen molar-refractivity contribution < 1.29 is 34.2 Å². The van der Waals surface area contributed by atoms with Gasteiger partial charge in [-0.25, -0.2) is 9.59 Å². The summed E-state index contributed by atoms with van der Waals surface area (Å²) in [6.45, 7) is -0.0788. The van der Waals surface area contributed by atoms with Crippen LogP contribution in [0, 0.1) is 0 Å². The quantitative estimate of drug-likeness (QED) is 0.793. The van der Waals surface area contributed by atoms with Crippen LogP contribution in [0.15, 0.2) is 30.3 Å². The van der Waals surface area contributed by atoms with Crippen LogP contribution in [0.1, 0.15) is 12.0 Å². The molecule has 0 unspecified atom stereocenters. The molecule has 0 aliphatic carbocycles. The van der Waals surface area contributed by atoms with Crippen LogP contribution in [0.5, 0.6) is 0 Å². The second kappa shape index (κ2) is 5.17. The number of rotatable bonds is 6. The number of hydroxylamine groups is 2. The molecule has 0 aromatic heterocycles. The molecule has 1 aliphatic heterocycles. The molecule has 2 rings (SSSR count). The molecule has 2 N–H and O–H groups in total. The number of nitrogens with zero attached hydrogens (tertiary/aromatic N) is 1. The van der Waals surface area contributed by atoms with Crippen LogP contribution in [-0.2, 0) is 25.8 Å². The summed E-state index contributed by atoms with van der Waals surface area (Å²) in [7, 11) is 0. The van der Waals surface area contributed by atoms with Crippen LogP contribution in [0.4, 0.5) is 4.79 Å². The summed E-state index contributed by atoms with van der Waals surface area (Å²) in [5.74, 6) is -3.03. The average Bonchev–Trinajstić information content (AvgIpc) is 2.38. The lowest BCUT2D eigenvalue weighted by Gasteiger charge is -2.44. The van der Waals surface area contributed by atoms with Gasteiger partial charge >= 0.3 is 23.8 Å². The van der Waals surface area contributed by atoms with E-state index in [9.17, 15) is 14.4 Å². The molecule has 106 valence electrons. The van der Waals surface area contributed by atoms with Crippen molar-refractivity contribution in [2.75, 3.05) is 0 Å². The van der Waals surface area contributed by atoms with E-state index < -0.39 is 30.2 Å². The Labute approximate surface area is 113 Å². The van der Waals surface area contributed by atoms with Gasteiger partial charge in [0.1, 0.15) is 13.0 Å². The topological polar surface area (TPSA) is 113 Å². The van der Waals surface area contributed by atoms with Gasteiger partial charge in [0.15, 0.2) is 0 Å². The normalized spacial score (nSPS) is 21.0. The highest BCUT2D eigenvalue weighted by molar-refractivity contribution is 5.93. The van der Waals surface area contributed by atoms with Gasteiger partial charge in [0.2, 0.25) is 0 Å². The molecule has 1 aromatic rings. The second-order valence-electron chi connectivity index (χ2n) is 4.08. The van der Waals surface area contributed by atoms with E-state index in [1.807, 2.05) is 0 Å². The van der Waals surface area contributed by atoms with Crippen molar-refractivity contribution in [3.63, 3.8) is 0 Å². The summed E-state index contributed by atoms with van der Waals surface area (Å²) < 4.78 is 4.48. The Morgan fingerprint density at radius 1 is 1.25 bits per heavy atom. The first-order valence-electron chi connectivity index (χ1n) is 5.61. The number of carbonyl (C=O) groups excluding carboxylic acids is 1. The van der Waals surface area contributed by atoms with E-state index in [1.165, 1.54) is 0 Å². The van der Waals surface area contributed by atoms with Crippen molar-refractivity contribution in [3.8, 4) is 0 Å². The smallest absolute Gasteiger partial charge is 0.440 e. The van der Waals surface area contributed by atoms with Gasteiger partial charge in [-0.3, -0.25) is 9.63 Å². The molecule has 1 saturated heterocycles. The highest BCUT2D eigenvalue weighted by Gasteiger charge is 2.63. The number of hydrogen-bond donors (Lipinski definition) is 2. The number of amides is 1. The lowest BCUT2D eigenvalue weighted by molar-refractivity contribution is -0.329. The molecule has 20 heavy (non-hydrogen) atoms. The van der Waals surface area contributed by atoms with Crippen LogP contribution in [0.3, 0.4) is 0 Å². The largest absolute Gasteiger partial charge is 0.481 e. The van der Waals surface area contributed by atoms with E-state index in [4.69, 9.17) is 15.1 Å². The van der Waals surface area contributed by atoms with Crippen molar-refractivity contribution in [3.05, 3.63) is 35.9 Å². The number of hydrogen-bond acceptors (Lipinski definition) is 5. The molecule has 1 aliphatic rings. The summed E-state index contributed by atoms with van der Waals surface area (Å²) in [4.78, 5) is 38.2. The van der Waals surface area contributed by atoms with Gasteiger partial charge in [-0.15, -0.1) is 5.06 Å². The SMILES string of the molecule is O=C(O)C[C@]1(C(=O)O)OC(=O)N1OCc1ccccc1. The average molecular weight is 281 g/mol. The van der Waals surface area contributed by atoms with Crippen molar-refractivity contribution >= 4 is 18.0 Å². The molecule has 1 amide bonds. The standard InChI is InChI=1S/C12H11NO7/c14-9(15)6-12(10(16)17)13(11(18)20-12)19-7-8-4-2-1-3-5-8/h1-5H,6-7H2,(H,14,15)(H,16,17)/t12-/m1/s1. The molecular formula is C12H11NO7. The maximum atomic E-state index is 11.3. The van der Waals surface area contributed by atoms with Crippen molar-refractivity contribution in [1.29, 1.82) is 0 Å². The number of carbonyl (C=O) groups is 3. The molecule has 8 heteroatoms. The first-order chi connectivity index (χ1) is 9.45. The monoisotopic (exact) mass is 281 g/mol. The Bertz CT molecular complexity index is 544.